The van der Waals surface area contributed by atoms with E-state index in [1.807, 2.05) is 11.8 Å². The third-order valence-corrected chi connectivity index (χ3v) is 4.53. The number of thioether (sulfide) groups is 1. The molecule has 0 bridgehead atoms. The minimum Gasteiger partial charge on any atom is -0.351 e. The van der Waals surface area contributed by atoms with E-state index in [1.165, 1.54) is 12.1 Å². The van der Waals surface area contributed by atoms with Gasteiger partial charge in [0.1, 0.15) is 11.3 Å². The van der Waals surface area contributed by atoms with Crippen molar-refractivity contribution in [1.29, 1.82) is 0 Å². The lowest BCUT2D eigenvalue weighted by Crippen LogP contribution is -2.30. The van der Waals surface area contributed by atoms with Crippen molar-refractivity contribution in [3.05, 3.63) is 33.9 Å². The first kappa shape index (κ1) is 14.6. The molecule has 8 heteroatoms. The maximum atomic E-state index is 12.1. The van der Waals surface area contributed by atoms with E-state index < -0.39 is 10.8 Å². The number of nitro benzene ring substituents is 1. The number of hydrogen-bond donors (Lipinski definition) is 3. The molecule has 1 aliphatic rings. The molecule has 0 aliphatic carbocycles. The quantitative estimate of drug-likeness (QED) is 0.431. The van der Waals surface area contributed by atoms with Crippen LogP contribution >= 0.6 is 11.8 Å². The molecule has 2 rings (SSSR count). The van der Waals surface area contributed by atoms with Gasteiger partial charge < -0.3 is 10.7 Å². The SMILES string of the molecule is NNc1cccc(C(=O)NCC2CCCS2)c1[N+](=O)[O-]. The van der Waals surface area contributed by atoms with Crippen molar-refractivity contribution in [1.82, 2.24) is 5.32 Å². The highest BCUT2D eigenvalue weighted by molar-refractivity contribution is 8.00. The predicted octanol–water partition coefficient (Wildman–Crippen LogP) is 1.51. The van der Waals surface area contributed by atoms with Gasteiger partial charge in [-0.1, -0.05) is 6.07 Å². The zero-order valence-corrected chi connectivity index (χ0v) is 11.6. The molecule has 4 N–H and O–H groups in total. The van der Waals surface area contributed by atoms with Crippen LogP contribution in [-0.2, 0) is 0 Å². The largest absolute Gasteiger partial charge is 0.351 e. The van der Waals surface area contributed by atoms with E-state index in [9.17, 15) is 14.9 Å². The van der Waals surface area contributed by atoms with Gasteiger partial charge >= 0.3 is 5.69 Å². The third kappa shape index (κ3) is 3.20. The van der Waals surface area contributed by atoms with Gasteiger partial charge in [-0.15, -0.1) is 0 Å². The second kappa shape index (κ2) is 6.58. The number of amides is 1. The van der Waals surface area contributed by atoms with Gasteiger partial charge in [0, 0.05) is 11.8 Å². The fourth-order valence-corrected chi connectivity index (χ4v) is 3.35. The van der Waals surface area contributed by atoms with Crippen LogP contribution in [0.4, 0.5) is 11.4 Å². The molecule has 0 radical (unpaired) electrons. The summed E-state index contributed by atoms with van der Waals surface area (Å²) in [5.41, 5.74) is 2.09. The van der Waals surface area contributed by atoms with E-state index in [-0.39, 0.29) is 16.9 Å². The summed E-state index contributed by atoms with van der Waals surface area (Å²) in [6.07, 6.45) is 2.22. The van der Waals surface area contributed by atoms with Crippen molar-refractivity contribution in [3.8, 4) is 0 Å². The van der Waals surface area contributed by atoms with Gasteiger partial charge in [-0.3, -0.25) is 20.8 Å². The van der Waals surface area contributed by atoms with Gasteiger partial charge in [0.2, 0.25) is 0 Å². The molecular formula is C12H16N4O3S. The van der Waals surface area contributed by atoms with Crippen molar-refractivity contribution in [2.24, 2.45) is 5.84 Å². The number of hydrazine groups is 1. The molecule has 1 atom stereocenters. The lowest BCUT2D eigenvalue weighted by atomic mass is 10.1. The van der Waals surface area contributed by atoms with Gasteiger partial charge in [-0.2, -0.15) is 11.8 Å². The first-order chi connectivity index (χ1) is 9.63. The van der Waals surface area contributed by atoms with Crippen molar-refractivity contribution in [3.63, 3.8) is 0 Å². The maximum Gasteiger partial charge on any atom is 0.306 e. The molecule has 1 aromatic carbocycles. The number of anilines is 1. The number of nitro groups is 1. The number of nitrogen functional groups attached to an aromatic ring is 1. The lowest BCUT2D eigenvalue weighted by molar-refractivity contribution is -0.384. The zero-order chi connectivity index (χ0) is 14.5. The number of nitrogens with one attached hydrogen (secondary N) is 2. The van der Waals surface area contributed by atoms with Crippen molar-refractivity contribution in [2.75, 3.05) is 17.7 Å². The summed E-state index contributed by atoms with van der Waals surface area (Å²) in [4.78, 5) is 22.6. The first-order valence-electron chi connectivity index (χ1n) is 6.27. The monoisotopic (exact) mass is 296 g/mol. The minimum atomic E-state index is -0.603. The summed E-state index contributed by atoms with van der Waals surface area (Å²) in [6.45, 7) is 0.529. The summed E-state index contributed by atoms with van der Waals surface area (Å²) in [7, 11) is 0. The van der Waals surface area contributed by atoms with Crippen LogP contribution in [0, 0.1) is 10.1 Å². The zero-order valence-electron chi connectivity index (χ0n) is 10.8. The van der Waals surface area contributed by atoms with E-state index in [0.717, 1.165) is 18.6 Å². The molecule has 1 amide bonds. The molecule has 1 unspecified atom stereocenters. The number of carbonyl (C=O) groups excluding carboxylic acids is 1. The smallest absolute Gasteiger partial charge is 0.306 e. The fraction of sp³-hybridized carbons (Fsp3) is 0.417. The second-order valence-electron chi connectivity index (χ2n) is 4.45. The van der Waals surface area contributed by atoms with E-state index in [4.69, 9.17) is 5.84 Å². The Labute approximate surface area is 120 Å². The van der Waals surface area contributed by atoms with Crippen LogP contribution in [0.1, 0.15) is 23.2 Å². The molecule has 1 aliphatic heterocycles. The standard InChI is InChI=1S/C12H16N4O3S/c13-15-10-5-1-4-9(11(10)16(18)19)12(17)14-7-8-3-2-6-20-8/h1,4-5,8,15H,2-3,6-7,13H2,(H,14,17). The summed E-state index contributed by atoms with van der Waals surface area (Å²) in [5, 5.41) is 14.2. The molecule has 1 fully saturated rings. The number of rotatable bonds is 5. The van der Waals surface area contributed by atoms with Gasteiger partial charge in [-0.25, -0.2) is 0 Å². The van der Waals surface area contributed by atoms with E-state index in [0.29, 0.717) is 11.8 Å². The van der Waals surface area contributed by atoms with Crippen LogP contribution in [-0.4, -0.2) is 28.4 Å². The molecule has 0 aromatic heterocycles. The Hall–Kier alpha value is -1.80. The highest BCUT2D eigenvalue weighted by atomic mass is 32.2. The van der Waals surface area contributed by atoms with Crippen LogP contribution in [0.5, 0.6) is 0 Å². The Bertz CT molecular complexity index is 517. The van der Waals surface area contributed by atoms with Crippen LogP contribution in [0.15, 0.2) is 18.2 Å². The normalized spacial score (nSPS) is 17.8. The predicted molar refractivity (Wildman–Crippen MR) is 78.7 cm³/mol. The second-order valence-corrected chi connectivity index (χ2v) is 5.86. The van der Waals surface area contributed by atoms with Crippen LogP contribution in [0.25, 0.3) is 0 Å². The number of nitrogens with zero attached hydrogens (tertiary/aromatic N) is 1. The number of hydrogen-bond acceptors (Lipinski definition) is 6. The van der Waals surface area contributed by atoms with E-state index in [1.54, 1.807) is 6.07 Å². The van der Waals surface area contributed by atoms with Crippen LogP contribution < -0.4 is 16.6 Å². The Morgan fingerprint density at radius 3 is 2.95 bits per heavy atom. The third-order valence-electron chi connectivity index (χ3n) is 3.13. The molecule has 20 heavy (non-hydrogen) atoms. The van der Waals surface area contributed by atoms with Crippen molar-refractivity contribution in [2.45, 2.75) is 18.1 Å². The molecule has 0 spiro atoms. The van der Waals surface area contributed by atoms with E-state index >= 15 is 0 Å². The number of para-hydroxylation sites is 1. The summed E-state index contributed by atoms with van der Waals surface area (Å²) < 4.78 is 0. The molecule has 7 nitrogen and oxygen atoms in total. The van der Waals surface area contributed by atoms with Crippen LogP contribution in [0.2, 0.25) is 0 Å². The molecule has 0 saturated carbocycles. The Balaban J connectivity index is 2.14. The van der Waals surface area contributed by atoms with Gasteiger partial charge in [-0.05, 0) is 30.7 Å². The van der Waals surface area contributed by atoms with Gasteiger partial charge in [0.15, 0.2) is 0 Å². The highest BCUT2D eigenvalue weighted by Gasteiger charge is 2.25. The summed E-state index contributed by atoms with van der Waals surface area (Å²) in [5.74, 6) is 5.90. The number of carbonyl (C=O) groups is 1. The summed E-state index contributed by atoms with van der Waals surface area (Å²) >= 11 is 1.82. The number of benzene rings is 1. The average molecular weight is 296 g/mol. The average Bonchev–Trinajstić information content (AvgIpc) is 2.96. The fourth-order valence-electron chi connectivity index (χ4n) is 2.15. The van der Waals surface area contributed by atoms with Gasteiger partial charge in [0.05, 0.1) is 4.92 Å². The topological polar surface area (TPSA) is 110 Å². The van der Waals surface area contributed by atoms with Crippen molar-refractivity contribution < 1.29 is 9.72 Å². The van der Waals surface area contributed by atoms with E-state index in [2.05, 4.69) is 10.7 Å². The summed E-state index contributed by atoms with van der Waals surface area (Å²) in [6, 6.07) is 4.44. The number of nitrogens with two attached hydrogens (primary N) is 1. The Morgan fingerprint density at radius 2 is 2.35 bits per heavy atom. The van der Waals surface area contributed by atoms with Gasteiger partial charge in [0.25, 0.3) is 5.91 Å². The molecule has 1 heterocycles. The Morgan fingerprint density at radius 1 is 1.55 bits per heavy atom. The lowest BCUT2D eigenvalue weighted by Gasteiger charge is -2.11. The molecule has 1 aromatic rings. The first-order valence-corrected chi connectivity index (χ1v) is 7.32. The maximum absolute atomic E-state index is 12.1. The molecule has 108 valence electrons. The minimum absolute atomic E-state index is 0.0217. The highest BCUT2D eigenvalue weighted by Crippen LogP contribution is 2.28. The van der Waals surface area contributed by atoms with Crippen molar-refractivity contribution >= 4 is 29.0 Å². The molecule has 1 saturated heterocycles. The molecular weight excluding hydrogens is 280 g/mol. The van der Waals surface area contributed by atoms with Crippen LogP contribution in [0.3, 0.4) is 0 Å². The Kier molecular flexibility index (Phi) is 4.80.